The van der Waals surface area contributed by atoms with Crippen LogP contribution in [0.4, 0.5) is 0 Å². The molecule has 0 atom stereocenters. The van der Waals surface area contributed by atoms with Crippen molar-refractivity contribution in [1.82, 2.24) is 0 Å². The monoisotopic (exact) mass is 343 g/mol. The molecule has 116 valence electrons. The zero-order valence-corrected chi connectivity index (χ0v) is 14.4. The smallest absolute Gasteiger partial charge is 0.210 e. The SMILES string of the molecule is CCCCCCCCCCCC[n+]1cccc(O)c1.[Br-]. The third-order valence-corrected chi connectivity index (χ3v) is 3.61. The van der Waals surface area contributed by atoms with Crippen molar-refractivity contribution in [3.63, 3.8) is 0 Å². The molecule has 20 heavy (non-hydrogen) atoms. The fourth-order valence-corrected chi connectivity index (χ4v) is 2.43. The highest BCUT2D eigenvalue weighted by Gasteiger charge is 2.00. The van der Waals surface area contributed by atoms with Crippen molar-refractivity contribution in [3.8, 4) is 5.75 Å². The summed E-state index contributed by atoms with van der Waals surface area (Å²) < 4.78 is 2.07. The van der Waals surface area contributed by atoms with Crippen LogP contribution in [0.15, 0.2) is 24.5 Å². The van der Waals surface area contributed by atoms with E-state index in [2.05, 4.69) is 11.5 Å². The van der Waals surface area contributed by atoms with E-state index in [9.17, 15) is 5.11 Å². The van der Waals surface area contributed by atoms with Gasteiger partial charge >= 0.3 is 0 Å². The molecular formula is C17H30BrNO. The van der Waals surface area contributed by atoms with Crippen LogP contribution in [0.25, 0.3) is 0 Å². The van der Waals surface area contributed by atoms with Crippen LogP contribution in [0.5, 0.6) is 5.75 Å². The van der Waals surface area contributed by atoms with Gasteiger partial charge in [0.05, 0.1) is 0 Å². The zero-order chi connectivity index (χ0) is 13.8. The molecule has 1 aromatic rings. The van der Waals surface area contributed by atoms with E-state index < -0.39 is 0 Å². The van der Waals surface area contributed by atoms with Crippen molar-refractivity contribution in [2.45, 2.75) is 77.7 Å². The topological polar surface area (TPSA) is 24.1 Å². The number of nitrogens with zero attached hydrogens (tertiary/aromatic N) is 1. The van der Waals surface area contributed by atoms with Gasteiger partial charge in [-0.1, -0.05) is 58.3 Å². The van der Waals surface area contributed by atoms with Gasteiger partial charge in [-0.05, 0) is 12.5 Å². The number of aromatic nitrogens is 1. The Kier molecular flexibility index (Phi) is 13.0. The average molecular weight is 344 g/mol. The molecule has 1 aromatic heterocycles. The lowest BCUT2D eigenvalue weighted by Gasteiger charge is -2.01. The Balaban J connectivity index is 0.00000361. The molecule has 0 aromatic carbocycles. The lowest BCUT2D eigenvalue weighted by Crippen LogP contribution is -3.00. The third kappa shape index (κ3) is 10.2. The maximum Gasteiger partial charge on any atom is 0.210 e. The van der Waals surface area contributed by atoms with E-state index in [0.29, 0.717) is 5.75 Å². The minimum atomic E-state index is 0. The summed E-state index contributed by atoms with van der Waals surface area (Å²) in [6.45, 7) is 3.29. The summed E-state index contributed by atoms with van der Waals surface area (Å²) in [5.41, 5.74) is 0. The minimum absolute atomic E-state index is 0. The number of halogens is 1. The molecule has 0 aliphatic rings. The lowest BCUT2D eigenvalue weighted by molar-refractivity contribution is -0.697. The predicted octanol–water partition coefficient (Wildman–Crippen LogP) is 1.60. The molecule has 0 fully saturated rings. The van der Waals surface area contributed by atoms with E-state index in [-0.39, 0.29) is 17.0 Å². The highest BCUT2D eigenvalue weighted by atomic mass is 79.9. The largest absolute Gasteiger partial charge is 1.00 e. The van der Waals surface area contributed by atoms with E-state index in [1.165, 1.54) is 64.2 Å². The van der Waals surface area contributed by atoms with Crippen LogP contribution in [0.3, 0.4) is 0 Å². The number of aryl methyl sites for hydroxylation is 1. The quantitative estimate of drug-likeness (QED) is 0.479. The van der Waals surface area contributed by atoms with Gasteiger partial charge in [0.15, 0.2) is 11.9 Å². The Hall–Kier alpha value is -0.570. The van der Waals surface area contributed by atoms with Crippen LogP contribution in [0, 0.1) is 0 Å². The molecule has 0 radical (unpaired) electrons. The van der Waals surface area contributed by atoms with E-state index in [1.807, 2.05) is 12.3 Å². The number of aromatic hydroxyl groups is 1. The fourth-order valence-electron chi connectivity index (χ4n) is 2.43. The molecule has 1 rings (SSSR count). The first-order valence-electron chi connectivity index (χ1n) is 8.01. The van der Waals surface area contributed by atoms with Crippen molar-refractivity contribution in [2.24, 2.45) is 0 Å². The van der Waals surface area contributed by atoms with E-state index in [0.717, 1.165) is 6.54 Å². The van der Waals surface area contributed by atoms with Gasteiger partial charge in [-0.3, -0.25) is 0 Å². The van der Waals surface area contributed by atoms with Crippen molar-refractivity contribution < 1.29 is 26.7 Å². The normalized spacial score (nSPS) is 10.2. The first kappa shape index (κ1) is 19.4. The molecule has 0 aliphatic carbocycles. The molecule has 0 amide bonds. The Morgan fingerprint density at radius 1 is 0.900 bits per heavy atom. The van der Waals surface area contributed by atoms with Gasteiger partial charge in [-0.15, -0.1) is 0 Å². The molecule has 0 saturated heterocycles. The molecule has 2 nitrogen and oxygen atoms in total. The lowest BCUT2D eigenvalue weighted by atomic mass is 10.1. The third-order valence-electron chi connectivity index (χ3n) is 3.61. The van der Waals surface area contributed by atoms with Gasteiger partial charge in [-0.2, -0.15) is 0 Å². The summed E-state index contributed by atoms with van der Waals surface area (Å²) in [6.07, 6.45) is 17.5. The van der Waals surface area contributed by atoms with Crippen LogP contribution in [0.1, 0.15) is 71.1 Å². The summed E-state index contributed by atoms with van der Waals surface area (Å²) in [6, 6.07) is 3.61. The summed E-state index contributed by atoms with van der Waals surface area (Å²) in [4.78, 5) is 0. The molecule has 1 heterocycles. The van der Waals surface area contributed by atoms with E-state index in [1.54, 1.807) is 12.3 Å². The molecule has 1 N–H and O–H groups in total. The molecule has 3 heteroatoms. The van der Waals surface area contributed by atoms with Crippen molar-refractivity contribution in [2.75, 3.05) is 0 Å². The molecule has 0 bridgehead atoms. The number of unbranched alkanes of at least 4 members (excludes halogenated alkanes) is 9. The number of rotatable bonds is 11. The Morgan fingerprint density at radius 2 is 1.45 bits per heavy atom. The van der Waals surface area contributed by atoms with Crippen LogP contribution >= 0.6 is 0 Å². The predicted molar refractivity (Wildman–Crippen MR) is 80.1 cm³/mol. The second kappa shape index (κ2) is 13.4. The minimum Gasteiger partial charge on any atom is -1.00 e. The number of hydrogen-bond acceptors (Lipinski definition) is 1. The van der Waals surface area contributed by atoms with E-state index in [4.69, 9.17) is 0 Å². The fraction of sp³-hybridized carbons (Fsp3) is 0.706. The highest BCUT2D eigenvalue weighted by Crippen LogP contribution is 2.10. The zero-order valence-electron chi connectivity index (χ0n) is 12.9. The summed E-state index contributed by atoms with van der Waals surface area (Å²) in [5, 5.41) is 9.35. The summed E-state index contributed by atoms with van der Waals surface area (Å²) in [5.74, 6) is 0.356. The van der Waals surface area contributed by atoms with Crippen LogP contribution in [-0.2, 0) is 6.54 Å². The standard InChI is InChI=1S/C17H29NO.BrH/c1-2-3-4-5-6-7-8-9-10-11-14-18-15-12-13-17(19)16-18;/h12-13,15-16H,2-11,14H2,1H3;1H. The molecule has 0 aliphatic heterocycles. The second-order valence-electron chi connectivity index (χ2n) is 5.48. The number of hydrogen-bond donors (Lipinski definition) is 1. The van der Waals surface area contributed by atoms with Gasteiger partial charge < -0.3 is 22.1 Å². The van der Waals surface area contributed by atoms with Crippen LogP contribution in [-0.4, -0.2) is 5.11 Å². The average Bonchev–Trinajstić information content (AvgIpc) is 2.41. The van der Waals surface area contributed by atoms with Gasteiger partial charge in [0.2, 0.25) is 6.20 Å². The van der Waals surface area contributed by atoms with Gasteiger partial charge in [0.25, 0.3) is 0 Å². The van der Waals surface area contributed by atoms with Crippen molar-refractivity contribution in [1.29, 1.82) is 0 Å². The molecule has 0 unspecified atom stereocenters. The molecule has 0 saturated carbocycles. The maximum atomic E-state index is 9.35. The second-order valence-corrected chi connectivity index (χ2v) is 5.48. The summed E-state index contributed by atoms with van der Waals surface area (Å²) >= 11 is 0. The van der Waals surface area contributed by atoms with E-state index >= 15 is 0 Å². The highest BCUT2D eigenvalue weighted by molar-refractivity contribution is 5.09. The Labute approximate surface area is 135 Å². The summed E-state index contributed by atoms with van der Waals surface area (Å²) in [7, 11) is 0. The van der Waals surface area contributed by atoms with Gasteiger partial charge in [0.1, 0.15) is 6.54 Å². The number of pyridine rings is 1. The first-order valence-corrected chi connectivity index (χ1v) is 8.01. The van der Waals surface area contributed by atoms with Gasteiger partial charge in [-0.25, -0.2) is 4.57 Å². The maximum absolute atomic E-state index is 9.35. The van der Waals surface area contributed by atoms with Gasteiger partial charge in [0, 0.05) is 12.5 Å². The molecule has 0 spiro atoms. The first-order chi connectivity index (χ1) is 9.33. The van der Waals surface area contributed by atoms with Crippen LogP contribution in [0.2, 0.25) is 0 Å². The Morgan fingerprint density at radius 3 is 2.00 bits per heavy atom. The Bertz CT molecular complexity index is 331. The van der Waals surface area contributed by atoms with Crippen molar-refractivity contribution >= 4 is 0 Å². The van der Waals surface area contributed by atoms with Crippen LogP contribution < -0.4 is 21.5 Å². The molecular weight excluding hydrogens is 314 g/mol. The van der Waals surface area contributed by atoms with Crippen molar-refractivity contribution in [3.05, 3.63) is 24.5 Å².